The fourth-order valence-corrected chi connectivity index (χ4v) is 2.25. The second-order valence-corrected chi connectivity index (χ2v) is 5.76. The zero-order valence-corrected chi connectivity index (χ0v) is 14.2. The van der Waals surface area contributed by atoms with E-state index in [0.717, 1.165) is 11.3 Å². The number of aryl methyl sites for hydroxylation is 2. The van der Waals surface area contributed by atoms with Gasteiger partial charge in [-0.25, -0.2) is 9.97 Å². The Labute approximate surface area is 146 Å². The predicted molar refractivity (Wildman–Crippen MR) is 96.6 cm³/mol. The average Bonchev–Trinajstić information content (AvgIpc) is 2.64. The van der Waals surface area contributed by atoms with Crippen LogP contribution in [0.2, 0.25) is 0 Å². The monoisotopic (exact) mass is 333 g/mol. The summed E-state index contributed by atoms with van der Waals surface area (Å²) in [4.78, 5) is 24.6. The molecule has 0 unspecified atom stereocenters. The van der Waals surface area contributed by atoms with Gasteiger partial charge in [0.15, 0.2) is 0 Å². The quantitative estimate of drug-likeness (QED) is 0.750. The van der Waals surface area contributed by atoms with Crippen molar-refractivity contribution in [3.05, 3.63) is 77.4 Å². The van der Waals surface area contributed by atoms with Crippen LogP contribution < -0.4 is 10.6 Å². The van der Waals surface area contributed by atoms with Crippen molar-refractivity contribution in [2.45, 2.75) is 20.4 Å². The number of carbonyl (C=O) groups is 1. The van der Waals surface area contributed by atoms with Crippen LogP contribution in [0.5, 0.6) is 0 Å². The standard InChI is InChI=1S/C19H19N5O/c1-13-5-6-17(8-14(13)2)24-19-22-11-16(12-23-19)18(25)21-10-15-4-3-7-20-9-15/h3-9,11-12H,10H2,1-2H3,(H,21,25)(H,22,23,24). The van der Waals surface area contributed by atoms with Crippen molar-refractivity contribution < 1.29 is 4.79 Å². The summed E-state index contributed by atoms with van der Waals surface area (Å²) >= 11 is 0. The van der Waals surface area contributed by atoms with Crippen LogP contribution in [0.15, 0.2) is 55.1 Å². The van der Waals surface area contributed by atoms with Gasteiger partial charge in [-0.2, -0.15) is 0 Å². The first-order chi connectivity index (χ1) is 12.1. The second kappa shape index (κ2) is 7.53. The molecule has 0 spiro atoms. The molecule has 3 aromatic rings. The zero-order chi connectivity index (χ0) is 17.6. The van der Waals surface area contributed by atoms with Crippen LogP contribution in [0.25, 0.3) is 0 Å². The van der Waals surface area contributed by atoms with Crippen LogP contribution in [0, 0.1) is 13.8 Å². The Kier molecular flexibility index (Phi) is 4.99. The molecule has 126 valence electrons. The number of anilines is 2. The largest absolute Gasteiger partial charge is 0.348 e. The molecule has 25 heavy (non-hydrogen) atoms. The van der Waals surface area contributed by atoms with Crippen molar-refractivity contribution >= 4 is 17.5 Å². The lowest BCUT2D eigenvalue weighted by molar-refractivity contribution is 0.0950. The number of rotatable bonds is 5. The molecule has 0 aliphatic carbocycles. The lowest BCUT2D eigenvalue weighted by Crippen LogP contribution is -2.23. The van der Waals surface area contributed by atoms with Gasteiger partial charge in [0, 0.05) is 37.0 Å². The number of hydrogen-bond donors (Lipinski definition) is 2. The third kappa shape index (κ3) is 4.38. The van der Waals surface area contributed by atoms with Crippen LogP contribution in [-0.2, 0) is 6.54 Å². The highest BCUT2D eigenvalue weighted by atomic mass is 16.1. The van der Waals surface area contributed by atoms with E-state index in [0.29, 0.717) is 18.1 Å². The minimum absolute atomic E-state index is 0.221. The number of nitrogens with one attached hydrogen (secondary N) is 2. The molecule has 2 N–H and O–H groups in total. The van der Waals surface area contributed by atoms with Gasteiger partial charge in [-0.3, -0.25) is 9.78 Å². The number of benzene rings is 1. The van der Waals surface area contributed by atoms with Crippen LogP contribution in [0.1, 0.15) is 27.0 Å². The lowest BCUT2D eigenvalue weighted by Gasteiger charge is -2.08. The summed E-state index contributed by atoms with van der Waals surface area (Å²) in [6, 6.07) is 9.78. The van der Waals surface area contributed by atoms with Crippen LogP contribution >= 0.6 is 0 Å². The molecule has 0 bridgehead atoms. The Balaban J connectivity index is 1.61. The molecule has 3 rings (SSSR count). The SMILES string of the molecule is Cc1ccc(Nc2ncc(C(=O)NCc3cccnc3)cn2)cc1C. The molecular weight excluding hydrogens is 314 g/mol. The number of aromatic nitrogens is 3. The fraction of sp³-hybridized carbons (Fsp3) is 0.158. The van der Waals surface area contributed by atoms with Crippen molar-refractivity contribution in [3.63, 3.8) is 0 Å². The van der Waals surface area contributed by atoms with Crippen molar-refractivity contribution in [1.29, 1.82) is 0 Å². The Morgan fingerprint density at radius 2 is 1.84 bits per heavy atom. The number of carbonyl (C=O) groups excluding carboxylic acids is 1. The summed E-state index contributed by atoms with van der Waals surface area (Å²) in [6.45, 7) is 4.53. The van der Waals surface area contributed by atoms with Crippen LogP contribution in [-0.4, -0.2) is 20.9 Å². The minimum atomic E-state index is -0.221. The third-order valence-corrected chi connectivity index (χ3v) is 3.85. The molecule has 0 radical (unpaired) electrons. The molecule has 0 aliphatic heterocycles. The molecule has 2 heterocycles. The molecule has 1 aromatic carbocycles. The Hall–Kier alpha value is -3.28. The first kappa shape index (κ1) is 16.6. The maximum absolute atomic E-state index is 12.1. The van der Waals surface area contributed by atoms with E-state index in [1.807, 2.05) is 30.3 Å². The summed E-state index contributed by atoms with van der Waals surface area (Å²) in [5.74, 6) is 0.230. The maximum Gasteiger partial charge on any atom is 0.254 e. The van der Waals surface area contributed by atoms with Gasteiger partial charge in [0.25, 0.3) is 5.91 Å². The molecule has 2 aromatic heterocycles. The summed E-state index contributed by atoms with van der Waals surface area (Å²) in [6.07, 6.45) is 6.43. The molecule has 1 amide bonds. The molecule has 0 saturated carbocycles. The maximum atomic E-state index is 12.1. The molecule has 0 fully saturated rings. The van der Waals surface area contributed by atoms with Crippen LogP contribution in [0.4, 0.5) is 11.6 Å². The van der Waals surface area contributed by atoms with E-state index in [1.54, 1.807) is 12.4 Å². The number of nitrogens with zero attached hydrogens (tertiary/aromatic N) is 3. The van der Waals surface area contributed by atoms with Gasteiger partial charge >= 0.3 is 0 Å². The second-order valence-electron chi connectivity index (χ2n) is 5.76. The van der Waals surface area contributed by atoms with Gasteiger partial charge in [-0.15, -0.1) is 0 Å². The van der Waals surface area contributed by atoms with Crippen molar-refractivity contribution in [2.75, 3.05) is 5.32 Å². The summed E-state index contributed by atoms with van der Waals surface area (Å²) in [7, 11) is 0. The van der Waals surface area contributed by atoms with Crippen molar-refractivity contribution in [3.8, 4) is 0 Å². The number of amides is 1. The van der Waals surface area contributed by atoms with Crippen molar-refractivity contribution in [1.82, 2.24) is 20.3 Å². The first-order valence-corrected chi connectivity index (χ1v) is 7.95. The highest BCUT2D eigenvalue weighted by Gasteiger charge is 2.07. The normalized spacial score (nSPS) is 10.3. The van der Waals surface area contributed by atoms with E-state index < -0.39 is 0 Å². The topological polar surface area (TPSA) is 79.8 Å². The van der Waals surface area contributed by atoms with E-state index in [1.165, 1.54) is 23.5 Å². The Bertz CT molecular complexity index is 863. The smallest absolute Gasteiger partial charge is 0.254 e. The van der Waals surface area contributed by atoms with E-state index in [2.05, 4.69) is 39.4 Å². The van der Waals surface area contributed by atoms with Gasteiger partial charge in [-0.05, 0) is 48.7 Å². The van der Waals surface area contributed by atoms with E-state index in [-0.39, 0.29) is 5.91 Å². The predicted octanol–water partition coefficient (Wildman–Crippen LogP) is 3.16. The molecule has 0 saturated heterocycles. The highest BCUT2D eigenvalue weighted by Crippen LogP contribution is 2.17. The van der Waals surface area contributed by atoms with Gasteiger partial charge in [-0.1, -0.05) is 12.1 Å². The van der Waals surface area contributed by atoms with Gasteiger partial charge in [0.1, 0.15) is 0 Å². The summed E-state index contributed by atoms with van der Waals surface area (Å²) < 4.78 is 0. The number of hydrogen-bond acceptors (Lipinski definition) is 5. The van der Waals surface area contributed by atoms with Crippen molar-refractivity contribution in [2.24, 2.45) is 0 Å². The van der Waals surface area contributed by atoms with Gasteiger partial charge < -0.3 is 10.6 Å². The zero-order valence-electron chi connectivity index (χ0n) is 14.2. The van der Waals surface area contributed by atoms with E-state index in [4.69, 9.17) is 0 Å². The molecular formula is C19H19N5O. The van der Waals surface area contributed by atoms with Crippen LogP contribution in [0.3, 0.4) is 0 Å². The number of pyridine rings is 1. The lowest BCUT2D eigenvalue weighted by atomic mass is 10.1. The molecule has 0 atom stereocenters. The van der Waals surface area contributed by atoms with Gasteiger partial charge in [0.2, 0.25) is 5.95 Å². The van der Waals surface area contributed by atoms with E-state index >= 15 is 0 Å². The highest BCUT2D eigenvalue weighted by molar-refractivity contribution is 5.93. The summed E-state index contributed by atoms with van der Waals surface area (Å²) in [5, 5.41) is 5.95. The molecule has 0 aliphatic rings. The van der Waals surface area contributed by atoms with Gasteiger partial charge in [0.05, 0.1) is 5.56 Å². The first-order valence-electron chi connectivity index (χ1n) is 7.95. The summed E-state index contributed by atoms with van der Waals surface area (Å²) in [5.41, 5.74) is 4.68. The Morgan fingerprint density at radius 3 is 2.52 bits per heavy atom. The molecule has 6 heteroatoms. The average molecular weight is 333 g/mol. The molecule has 6 nitrogen and oxygen atoms in total. The fourth-order valence-electron chi connectivity index (χ4n) is 2.25. The Morgan fingerprint density at radius 1 is 1.04 bits per heavy atom. The third-order valence-electron chi connectivity index (χ3n) is 3.85. The van der Waals surface area contributed by atoms with E-state index in [9.17, 15) is 4.79 Å². The minimum Gasteiger partial charge on any atom is -0.348 e.